The SMILES string of the molecule is Cc1cc(C)nc(Oc2ccc(Nc3ncnc4nc[nH]c34)cc2)n1. The zero-order valence-corrected chi connectivity index (χ0v) is 13.7. The first-order valence-corrected chi connectivity index (χ1v) is 7.69. The standard InChI is InChI=1S/C17H15N7O/c1-10-7-11(2)23-17(22-10)25-13-5-3-12(4-6-13)24-16-14-15(19-8-18-14)20-9-21-16/h3-9H,1-2H3,(H2,18,19,20,21,24). The maximum atomic E-state index is 5.71. The Labute approximate surface area is 143 Å². The van der Waals surface area contributed by atoms with Crippen molar-refractivity contribution in [2.75, 3.05) is 5.32 Å². The topological polar surface area (TPSA) is 101 Å². The molecule has 0 unspecified atom stereocenters. The number of hydrogen-bond donors (Lipinski definition) is 2. The number of imidazole rings is 1. The number of rotatable bonds is 4. The van der Waals surface area contributed by atoms with Crippen LogP contribution in [0.15, 0.2) is 43.0 Å². The second kappa shape index (κ2) is 6.16. The Morgan fingerprint density at radius 2 is 1.72 bits per heavy atom. The fourth-order valence-electron chi connectivity index (χ4n) is 2.45. The third-order valence-corrected chi connectivity index (χ3v) is 3.51. The van der Waals surface area contributed by atoms with E-state index in [-0.39, 0.29) is 0 Å². The average molecular weight is 333 g/mol. The molecule has 4 rings (SSSR count). The van der Waals surface area contributed by atoms with Gasteiger partial charge in [-0.25, -0.2) is 24.9 Å². The zero-order valence-electron chi connectivity index (χ0n) is 13.7. The van der Waals surface area contributed by atoms with E-state index in [1.165, 1.54) is 6.33 Å². The summed E-state index contributed by atoms with van der Waals surface area (Å²) in [6, 6.07) is 9.71. The van der Waals surface area contributed by atoms with Crippen LogP contribution in [0.2, 0.25) is 0 Å². The number of nitrogens with zero attached hydrogens (tertiary/aromatic N) is 5. The number of anilines is 2. The van der Waals surface area contributed by atoms with Crippen LogP contribution in [0.5, 0.6) is 11.8 Å². The number of nitrogens with one attached hydrogen (secondary N) is 2. The molecule has 0 aliphatic carbocycles. The lowest BCUT2D eigenvalue weighted by atomic mass is 10.3. The van der Waals surface area contributed by atoms with Crippen LogP contribution < -0.4 is 10.1 Å². The molecule has 3 aromatic heterocycles. The first-order chi connectivity index (χ1) is 12.2. The molecule has 0 atom stereocenters. The van der Waals surface area contributed by atoms with Crippen molar-refractivity contribution in [3.8, 4) is 11.8 Å². The largest absolute Gasteiger partial charge is 0.424 e. The average Bonchev–Trinajstić information content (AvgIpc) is 3.05. The van der Waals surface area contributed by atoms with E-state index in [2.05, 4.69) is 35.2 Å². The molecular weight excluding hydrogens is 318 g/mol. The van der Waals surface area contributed by atoms with Gasteiger partial charge in [-0.3, -0.25) is 0 Å². The predicted molar refractivity (Wildman–Crippen MR) is 93.0 cm³/mol. The molecule has 124 valence electrons. The molecule has 0 spiro atoms. The maximum Gasteiger partial charge on any atom is 0.322 e. The van der Waals surface area contributed by atoms with Gasteiger partial charge in [0.25, 0.3) is 0 Å². The van der Waals surface area contributed by atoms with Gasteiger partial charge in [-0.1, -0.05) is 0 Å². The number of hydrogen-bond acceptors (Lipinski definition) is 7. The minimum atomic E-state index is 0.341. The molecule has 0 radical (unpaired) electrons. The summed E-state index contributed by atoms with van der Waals surface area (Å²) >= 11 is 0. The number of H-pyrrole nitrogens is 1. The fraction of sp³-hybridized carbons (Fsp3) is 0.118. The summed E-state index contributed by atoms with van der Waals surface area (Å²) in [5, 5.41) is 3.23. The Morgan fingerprint density at radius 3 is 2.48 bits per heavy atom. The van der Waals surface area contributed by atoms with Gasteiger partial charge in [-0.15, -0.1) is 0 Å². The van der Waals surface area contributed by atoms with Gasteiger partial charge in [0.1, 0.15) is 17.6 Å². The van der Waals surface area contributed by atoms with Crippen molar-refractivity contribution in [1.29, 1.82) is 0 Å². The van der Waals surface area contributed by atoms with Crippen LogP contribution in [-0.2, 0) is 0 Å². The number of fused-ring (bicyclic) bond motifs is 1. The van der Waals surface area contributed by atoms with E-state index in [0.717, 1.165) is 22.6 Å². The molecule has 3 heterocycles. The lowest BCUT2D eigenvalue weighted by Crippen LogP contribution is -1.97. The number of aromatic nitrogens is 6. The van der Waals surface area contributed by atoms with Crippen LogP contribution in [0.3, 0.4) is 0 Å². The highest BCUT2D eigenvalue weighted by Gasteiger charge is 2.07. The van der Waals surface area contributed by atoms with Crippen LogP contribution in [0, 0.1) is 13.8 Å². The van der Waals surface area contributed by atoms with E-state index in [1.54, 1.807) is 6.33 Å². The summed E-state index contributed by atoms with van der Waals surface area (Å²) in [6.45, 7) is 3.82. The molecule has 0 aliphatic rings. The van der Waals surface area contributed by atoms with Gasteiger partial charge in [0.05, 0.1) is 6.33 Å². The molecule has 0 saturated carbocycles. The highest BCUT2D eigenvalue weighted by molar-refractivity contribution is 5.84. The minimum Gasteiger partial charge on any atom is -0.424 e. The monoisotopic (exact) mass is 333 g/mol. The molecule has 0 aliphatic heterocycles. The van der Waals surface area contributed by atoms with E-state index in [1.807, 2.05) is 44.2 Å². The van der Waals surface area contributed by atoms with E-state index in [4.69, 9.17) is 4.74 Å². The van der Waals surface area contributed by atoms with Gasteiger partial charge in [-0.2, -0.15) is 0 Å². The molecule has 0 fully saturated rings. The normalized spacial score (nSPS) is 10.8. The predicted octanol–water partition coefficient (Wildman–Crippen LogP) is 3.30. The molecule has 1 aromatic carbocycles. The minimum absolute atomic E-state index is 0.341. The van der Waals surface area contributed by atoms with Gasteiger partial charge < -0.3 is 15.0 Å². The lowest BCUT2D eigenvalue weighted by molar-refractivity contribution is 0.439. The second-order valence-electron chi connectivity index (χ2n) is 5.51. The smallest absolute Gasteiger partial charge is 0.322 e. The highest BCUT2D eigenvalue weighted by atomic mass is 16.5. The summed E-state index contributed by atoms with van der Waals surface area (Å²) in [6.07, 6.45) is 3.06. The van der Waals surface area contributed by atoms with Crippen LogP contribution >= 0.6 is 0 Å². The fourth-order valence-corrected chi connectivity index (χ4v) is 2.45. The van der Waals surface area contributed by atoms with Crippen molar-refractivity contribution in [3.05, 3.63) is 54.4 Å². The quantitative estimate of drug-likeness (QED) is 0.591. The number of aromatic amines is 1. The Morgan fingerprint density at radius 1 is 0.960 bits per heavy atom. The number of ether oxygens (including phenoxy) is 1. The number of aryl methyl sites for hydroxylation is 2. The molecule has 8 heteroatoms. The Balaban J connectivity index is 1.53. The Bertz CT molecular complexity index is 1010. The van der Waals surface area contributed by atoms with Gasteiger partial charge in [-0.05, 0) is 44.2 Å². The molecule has 0 saturated heterocycles. The highest BCUT2D eigenvalue weighted by Crippen LogP contribution is 2.24. The summed E-state index contributed by atoms with van der Waals surface area (Å²) in [4.78, 5) is 24.0. The van der Waals surface area contributed by atoms with Crippen molar-refractivity contribution in [2.45, 2.75) is 13.8 Å². The van der Waals surface area contributed by atoms with Crippen molar-refractivity contribution in [1.82, 2.24) is 29.9 Å². The lowest BCUT2D eigenvalue weighted by Gasteiger charge is -2.08. The van der Waals surface area contributed by atoms with Crippen molar-refractivity contribution in [3.63, 3.8) is 0 Å². The first-order valence-electron chi connectivity index (χ1n) is 7.69. The molecule has 2 N–H and O–H groups in total. The molecular formula is C17H15N7O. The first kappa shape index (κ1) is 15.0. The Kier molecular flexibility index (Phi) is 3.70. The van der Waals surface area contributed by atoms with E-state index in [9.17, 15) is 0 Å². The van der Waals surface area contributed by atoms with Gasteiger partial charge >= 0.3 is 6.01 Å². The molecule has 0 bridgehead atoms. The summed E-state index contributed by atoms with van der Waals surface area (Å²) in [5.74, 6) is 1.32. The van der Waals surface area contributed by atoms with Gasteiger partial charge in [0.15, 0.2) is 11.5 Å². The summed E-state index contributed by atoms with van der Waals surface area (Å²) < 4.78 is 5.71. The molecule has 8 nitrogen and oxygen atoms in total. The molecule has 25 heavy (non-hydrogen) atoms. The summed E-state index contributed by atoms with van der Waals surface area (Å²) in [5.41, 5.74) is 3.97. The van der Waals surface area contributed by atoms with Crippen molar-refractivity contribution < 1.29 is 4.74 Å². The second-order valence-corrected chi connectivity index (χ2v) is 5.51. The molecule has 4 aromatic rings. The third kappa shape index (κ3) is 3.23. The van der Waals surface area contributed by atoms with Crippen LogP contribution in [0.1, 0.15) is 11.4 Å². The summed E-state index contributed by atoms with van der Waals surface area (Å²) in [7, 11) is 0. The van der Waals surface area contributed by atoms with Crippen molar-refractivity contribution in [2.24, 2.45) is 0 Å². The zero-order chi connectivity index (χ0) is 17.2. The van der Waals surface area contributed by atoms with Crippen molar-refractivity contribution >= 4 is 22.7 Å². The number of benzene rings is 1. The van der Waals surface area contributed by atoms with E-state index in [0.29, 0.717) is 23.2 Å². The van der Waals surface area contributed by atoms with E-state index < -0.39 is 0 Å². The van der Waals surface area contributed by atoms with Crippen LogP contribution in [0.25, 0.3) is 11.2 Å². The van der Waals surface area contributed by atoms with Crippen LogP contribution in [0.4, 0.5) is 11.5 Å². The van der Waals surface area contributed by atoms with Crippen LogP contribution in [-0.4, -0.2) is 29.9 Å². The maximum absolute atomic E-state index is 5.71. The molecule has 0 amide bonds. The van der Waals surface area contributed by atoms with E-state index >= 15 is 0 Å². The van der Waals surface area contributed by atoms with Gasteiger partial charge in [0, 0.05) is 17.1 Å². The Hall–Kier alpha value is -3.55. The third-order valence-electron chi connectivity index (χ3n) is 3.51. The van der Waals surface area contributed by atoms with Gasteiger partial charge in [0.2, 0.25) is 0 Å².